The Morgan fingerprint density at radius 1 is 1.33 bits per heavy atom. The quantitative estimate of drug-likeness (QED) is 0.753. The van der Waals surface area contributed by atoms with Crippen molar-refractivity contribution < 1.29 is 0 Å². The molecule has 18 heavy (non-hydrogen) atoms. The Labute approximate surface area is 114 Å². The molecule has 0 amide bonds. The van der Waals surface area contributed by atoms with E-state index in [-0.39, 0.29) is 0 Å². The van der Waals surface area contributed by atoms with Gasteiger partial charge in [-0.3, -0.25) is 0 Å². The summed E-state index contributed by atoms with van der Waals surface area (Å²) >= 11 is 5.87. The predicted molar refractivity (Wildman–Crippen MR) is 76.2 cm³/mol. The summed E-state index contributed by atoms with van der Waals surface area (Å²) in [6.45, 7) is 3.34. The van der Waals surface area contributed by atoms with Crippen LogP contribution in [-0.4, -0.2) is 17.6 Å². The van der Waals surface area contributed by atoms with Crippen LogP contribution in [-0.2, 0) is 5.88 Å². The lowest BCUT2D eigenvalue weighted by Gasteiger charge is -2.39. The highest BCUT2D eigenvalue weighted by molar-refractivity contribution is 6.17. The summed E-state index contributed by atoms with van der Waals surface area (Å²) < 4.78 is 0. The third-order valence-electron chi connectivity index (χ3n) is 4.53. The Morgan fingerprint density at radius 3 is 2.94 bits per heavy atom. The Hall–Kier alpha value is -0.760. The number of aryl methyl sites for hydroxylation is 1. The molecule has 2 heterocycles. The molecule has 2 atom stereocenters. The summed E-state index contributed by atoms with van der Waals surface area (Å²) in [4.78, 5) is 7.24. The van der Waals surface area contributed by atoms with Gasteiger partial charge in [0.25, 0.3) is 0 Å². The Bertz CT molecular complexity index is 433. The molecule has 2 unspecified atom stereocenters. The van der Waals surface area contributed by atoms with Crippen LogP contribution in [0.2, 0.25) is 0 Å². The minimum atomic E-state index is 0.556. The average molecular weight is 265 g/mol. The zero-order valence-corrected chi connectivity index (χ0v) is 11.8. The number of fused-ring (bicyclic) bond motifs is 1. The van der Waals surface area contributed by atoms with Crippen LogP contribution in [0.4, 0.5) is 5.82 Å². The first-order chi connectivity index (χ1) is 8.79. The van der Waals surface area contributed by atoms with Crippen molar-refractivity contribution in [2.24, 2.45) is 5.92 Å². The van der Waals surface area contributed by atoms with Gasteiger partial charge in [0, 0.05) is 24.7 Å². The maximum Gasteiger partial charge on any atom is 0.131 e. The van der Waals surface area contributed by atoms with E-state index in [0.29, 0.717) is 5.88 Å². The van der Waals surface area contributed by atoms with Crippen LogP contribution in [0.15, 0.2) is 12.3 Å². The van der Waals surface area contributed by atoms with Crippen molar-refractivity contribution in [1.82, 2.24) is 4.98 Å². The van der Waals surface area contributed by atoms with Crippen molar-refractivity contribution >= 4 is 17.4 Å². The van der Waals surface area contributed by atoms with Gasteiger partial charge in [0.05, 0.1) is 0 Å². The second-order valence-corrected chi connectivity index (χ2v) is 5.98. The Morgan fingerprint density at radius 2 is 2.17 bits per heavy atom. The first-order valence-electron chi connectivity index (χ1n) is 7.07. The molecule has 98 valence electrons. The second kappa shape index (κ2) is 5.08. The van der Waals surface area contributed by atoms with Crippen molar-refractivity contribution in [2.45, 2.75) is 50.9 Å². The highest BCUT2D eigenvalue weighted by Crippen LogP contribution is 2.39. The molecule has 1 saturated carbocycles. The number of alkyl halides is 1. The zero-order valence-electron chi connectivity index (χ0n) is 11.0. The van der Waals surface area contributed by atoms with Gasteiger partial charge in [-0.25, -0.2) is 4.98 Å². The molecule has 0 radical (unpaired) electrons. The van der Waals surface area contributed by atoms with Gasteiger partial charge in [-0.05, 0) is 55.7 Å². The number of piperidine rings is 1. The summed E-state index contributed by atoms with van der Waals surface area (Å²) in [6.07, 6.45) is 8.83. The Balaban J connectivity index is 1.89. The molecular weight excluding hydrogens is 244 g/mol. The standard InChI is InChI=1S/C15H21ClN2/c1-11-8-12(9-16)10-17-15(11)18-7-3-5-13-4-2-6-14(13)18/h8,10,13-14H,2-7,9H2,1H3. The molecular formula is C15H21ClN2. The molecule has 1 aliphatic heterocycles. The van der Waals surface area contributed by atoms with Crippen LogP contribution < -0.4 is 4.90 Å². The van der Waals surface area contributed by atoms with Crippen molar-refractivity contribution in [3.63, 3.8) is 0 Å². The summed E-state index contributed by atoms with van der Waals surface area (Å²) in [5.74, 6) is 2.66. The van der Waals surface area contributed by atoms with E-state index in [4.69, 9.17) is 11.6 Å². The smallest absolute Gasteiger partial charge is 0.131 e. The van der Waals surface area contributed by atoms with E-state index in [1.165, 1.54) is 50.0 Å². The lowest BCUT2D eigenvalue weighted by Crippen LogP contribution is -2.43. The number of hydrogen-bond donors (Lipinski definition) is 0. The highest BCUT2D eigenvalue weighted by atomic mass is 35.5. The van der Waals surface area contributed by atoms with Crippen LogP contribution in [0.1, 0.15) is 43.2 Å². The van der Waals surface area contributed by atoms with E-state index < -0.39 is 0 Å². The number of rotatable bonds is 2. The highest BCUT2D eigenvalue weighted by Gasteiger charge is 2.35. The number of anilines is 1. The first kappa shape index (κ1) is 12.3. The molecule has 2 nitrogen and oxygen atoms in total. The fourth-order valence-corrected chi connectivity index (χ4v) is 3.86. The summed E-state index contributed by atoms with van der Waals surface area (Å²) in [5.41, 5.74) is 2.40. The van der Waals surface area contributed by atoms with E-state index in [0.717, 1.165) is 17.5 Å². The Kier molecular flexibility index (Phi) is 3.47. The number of halogens is 1. The molecule has 0 aromatic carbocycles. The van der Waals surface area contributed by atoms with Gasteiger partial charge in [-0.15, -0.1) is 11.6 Å². The first-order valence-corrected chi connectivity index (χ1v) is 7.61. The third-order valence-corrected chi connectivity index (χ3v) is 4.84. The van der Waals surface area contributed by atoms with Crippen LogP contribution in [0.25, 0.3) is 0 Å². The fraction of sp³-hybridized carbons (Fsp3) is 0.667. The summed E-state index contributed by atoms with van der Waals surface area (Å²) in [5, 5.41) is 0. The number of hydrogen-bond acceptors (Lipinski definition) is 2. The van der Waals surface area contributed by atoms with Gasteiger partial charge in [-0.1, -0.05) is 6.42 Å². The average Bonchev–Trinajstić information content (AvgIpc) is 2.87. The molecule has 1 aromatic rings. The second-order valence-electron chi connectivity index (χ2n) is 5.71. The van der Waals surface area contributed by atoms with Gasteiger partial charge >= 0.3 is 0 Å². The lowest BCUT2D eigenvalue weighted by molar-refractivity contribution is 0.360. The number of aromatic nitrogens is 1. The van der Waals surface area contributed by atoms with Gasteiger partial charge in [-0.2, -0.15) is 0 Å². The van der Waals surface area contributed by atoms with Crippen LogP contribution in [0.3, 0.4) is 0 Å². The fourth-order valence-electron chi connectivity index (χ4n) is 3.72. The number of pyridine rings is 1. The normalized spacial score (nSPS) is 27.3. The third kappa shape index (κ3) is 2.11. The summed E-state index contributed by atoms with van der Waals surface area (Å²) in [6, 6.07) is 2.93. The van der Waals surface area contributed by atoms with E-state index >= 15 is 0 Å². The molecule has 2 aliphatic rings. The largest absolute Gasteiger partial charge is 0.353 e. The van der Waals surface area contributed by atoms with Crippen molar-refractivity contribution in [2.75, 3.05) is 11.4 Å². The van der Waals surface area contributed by atoms with Crippen molar-refractivity contribution in [1.29, 1.82) is 0 Å². The van der Waals surface area contributed by atoms with Gasteiger partial charge < -0.3 is 4.90 Å². The van der Waals surface area contributed by atoms with E-state index in [1.54, 1.807) is 0 Å². The molecule has 1 aliphatic carbocycles. The van der Waals surface area contributed by atoms with Crippen LogP contribution in [0.5, 0.6) is 0 Å². The topological polar surface area (TPSA) is 16.1 Å². The van der Waals surface area contributed by atoms with E-state index in [2.05, 4.69) is 22.9 Å². The molecule has 2 fully saturated rings. The maximum absolute atomic E-state index is 5.87. The van der Waals surface area contributed by atoms with Crippen molar-refractivity contribution in [3.8, 4) is 0 Å². The minimum Gasteiger partial charge on any atom is -0.353 e. The molecule has 3 rings (SSSR count). The molecule has 0 N–H and O–H groups in total. The SMILES string of the molecule is Cc1cc(CCl)cnc1N1CCCC2CCCC21. The van der Waals surface area contributed by atoms with Gasteiger partial charge in [0.15, 0.2) is 0 Å². The molecule has 3 heteroatoms. The van der Waals surface area contributed by atoms with Crippen LogP contribution in [0, 0.1) is 12.8 Å². The monoisotopic (exact) mass is 264 g/mol. The van der Waals surface area contributed by atoms with Gasteiger partial charge in [0.1, 0.15) is 5.82 Å². The van der Waals surface area contributed by atoms with E-state index in [1.807, 2.05) is 6.20 Å². The zero-order chi connectivity index (χ0) is 12.5. The number of nitrogens with zero attached hydrogens (tertiary/aromatic N) is 2. The maximum atomic E-state index is 5.87. The summed E-state index contributed by atoms with van der Waals surface area (Å²) in [7, 11) is 0. The van der Waals surface area contributed by atoms with Gasteiger partial charge in [0.2, 0.25) is 0 Å². The van der Waals surface area contributed by atoms with E-state index in [9.17, 15) is 0 Å². The molecule has 0 spiro atoms. The predicted octanol–water partition coefficient (Wildman–Crippen LogP) is 3.90. The van der Waals surface area contributed by atoms with Crippen molar-refractivity contribution in [3.05, 3.63) is 23.4 Å². The minimum absolute atomic E-state index is 0.556. The lowest BCUT2D eigenvalue weighted by atomic mass is 9.91. The molecule has 1 aromatic heterocycles. The van der Waals surface area contributed by atoms with Crippen LogP contribution >= 0.6 is 11.6 Å². The molecule has 1 saturated heterocycles. The molecule has 0 bridgehead atoms.